The molecule has 0 aliphatic carbocycles. The average molecular weight is 425 g/mol. The van der Waals surface area contributed by atoms with Gasteiger partial charge in [-0.05, 0) is 29.6 Å². The van der Waals surface area contributed by atoms with E-state index in [9.17, 15) is 13.2 Å². The fourth-order valence-electron chi connectivity index (χ4n) is 2.93. The van der Waals surface area contributed by atoms with Crippen LogP contribution in [0, 0.1) is 0 Å². The minimum absolute atomic E-state index is 0.134. The molecular weight excluding hydrogens is 408 g/mol. The van der Waals surface area contributed by atoms with Crippen molar-refractivity contribution in [1.29, 1.82) is 0 Å². The van der Waals surface area contributed by atoms with Gasteiger partial charge in [0.05, 0.1) is 28.0 Å². The summed E-state index contributed by atoms with van der Waals surface area (Å²) in [5, 5.41) is 7.10. The summed E-state index contributed by atoms with van der Waals surface area (Å²) in [6.45, 7) is 3.36. The van der Waals surface area contributed by atoms with Crippen molar-refractivity contribution in [2.45, 2.75) is 0 Å². The Kier molecular flexibility index (Phi) is 4.77. The predicted molar refractivity (Wildman–Crippen MR) is 114 cm³/mol. The van der Waals surface area contributed by atoms with E-state index in [4.69, 9.17) is 0 Å². The average Bonchev–Trinajstić information content (AvgIpc) is 3.42. The first kappa shape index (κ1) is 19.0. The van der Waals surface area contributed by atoms with Crippen LogP contribution < -0.4 is 4.31 Å². The van der Waals surface area contributed by atoms with Crippen molar-refractivity contribution >= 4 is 38.5 Å². The summed E-state index contributed by atoms with van der Waals surface area (Å²) in [4.78, 5) is 17.7. The molecule has 9 heteroatoms. The molecule has 0 bridgehead atoms. The number of aromatic nitrogens is 3. The molecule has 0 radical (unpaired) electrons. The summed E-state index contributed by atoms with van der Waals surface area (Å²) in [7, 11) is -2.14. The Morgan fingerprint density at radius 2 is 2.07 bits per heavy atom. The molecule has 0 saturated carbocycles. The van der Waals surface area contributed by atoms with Crippen molar-refractivity contribution in [2.24, 2.45) is 0 Å². The van der Waals surface area contributed by atoms with Crippen molar-refractivity contribution in [3.8, 4) is 11.3 Å². The van der Waals surface area contributed by atoms with Gasteiger partial charge in [0.15, 0.2) is 5.65 Å². The molecule has 4 aromatic rings. The van der Waals surface area contributed by atoms with E-state index in [1.54, 1.807) is 41.0 Å². The van der Waals surface area contributed by atoms with Gasteiger partial charge in [-0.2, -0.15) is 5.10 Å². The van der Waals surface area contributed by atoms with Gasteiger partial charge >= 0.3 is 0 Å². The molecule has 0 fully saturated rings. The topological polar surface area (TPSA) is 84.6 Å². The quantitative estimate of drug-likeness (QED) is 0.442. The lowest BCUT2D eigenvalue weighted by Gasteiger charge is -2.17. The highest BCUT2D eigenvalue weighted by molar-refractivity contribution is 7.95. The summed E-state index contributed by atoms with van der Waals surface area (Å²) < 4.78 is 26.9. The monoisotopic (exact) mass is 424 g/mol. The molecule has 146 valence electrons. The molecule has 0 atom stereocenters. The lowest BCUT2D eigenvalue weighted by Crippen LogP contribution is -2.23. The molecule has 0 saturated heterocycles. The molecule has 3 heterocycles. The van der Waals surface area contributed by atoms with Gasteiger partial charge in [-0.25, -0.2) is 17.9 Å². The molecule has 0 aliphatic rings. The third-order valence-electron chi connectivity index (χ3n) is 4.49. The minimum atomic E-state index is -3.61. The van der Waals surface area contributed by atoms with Gasteiger partial charge in [0.25, 0.3) is 10.0 Å². The van der Waals surface area contributed by atoms with Gasteiger partial charge in [0.2, 0.25) is 5.78 Å². The Hall–Kier alpha value is -3.30. The predicted octanol–water partition coefficient (Wildman–Crippen LogP) is 3.60. The Bertz CT molecular complexity index is 1330. The second kappa shape index (κ2) is 7.26. The molecule has 0 aliphatic heterocycles. The van der Waals surface area contributed by atoms with E-state index in [2.05, 4.69) is 16.7 Å². The first-order valence-electron chi connectivity index (χ1n) is 8.55. The maximum absolute atomic E-state index is 12.8. The highest BCUT2D eigenvalue weighted by Gasteiger charge is 2.19. The second-order valence-corrected chi connectivity index (χ2v) is 9.02. The van der Waals surface area contributed by atoms with E-state index in [0.717, 1.165) is 15.3 Å². The molecule has 29 heavy (non-hydrogen) atoms. The van der Waals surface area contributed by atoms with Crippen LogP contribution in [0.25, 0.3) is 16.9 Å². The maximum Gasteiger partial charge on any atom is 0.256 e. The van der Waals surface area contributed by atoms with Crippen molar-refractivity contribution in [1.82, 2.24) is 14.6 Å². The van der Waals surface area contributed by atoms with Crippen LogP contribution in [0.5, 0.6) is 0 Å². The minimum Gasteiger partial charge on any atom is -0.287 e. The molecule has 3 aromatic heterocycles. The fourth-order valence-corrected chi connectivity index (χ4v) is 4.24. The van der Waals surface area contributed by atoms with E-state index < -0.39 is 10.0 Å². The maximum atomic E-state index is 12.8. The van der Waals surface area contributed by atoms with Gasteiger partial charge in [0, 0.05) is 24.2 Å². The number of hydrogen-bond donors (Lipinski definition) is 0. The number of sulfonamides is 1. The van der Waals surface area contributed by atoms with Crippen LogP contribution in [0.2, 0.25) is 0 Å². The third-order valence-corrected chi connectivity index (χ3v) is 6.75. The molecule has 0 spiro atoms. The van der Waals surface area contributed by atoms with Crippen molar-refractivity contribution in [2.75, 3.05) is 11.4 Å². The van der Waals surface area contributed by atoms with Crippen LogP contribution in [0.4, 0.5) is 5.69 Å². The number of carbonyl (C=O) groups excluding carboxylic acids is 1. The summed E-state index contributed by atoms with van der Waals surface area (Å²) in [6, 6.07) is 12.4. The number of ketones is 1. The number of thiophene rings is 1. The summed E-state index contributed by atoms with van der Waals surface area (Å²) in [5.41, 5.74) is 2.76. The van der Waals surface area contributed by atoms with Gasteiger partial charge < -0.3 is 0 Å². The Balaban J connectivity index is 1.81. The molecule has 0 amide bonds. The molecule has 0 unspecified atom stereocenters. The van der Waals surface area contributed by atoms with Crippen molar-refractivity contribution in [3.63, 3.8) is 0 Å². The Morgan fingerprint density at radius 3 is 2.79 bits per heavy atom. The highest BCUT2D eigenvalue weighted by Crippen LogP contribution is 2.27. The van der Waals surface area contributed by atoms with Gasteiger partial charge in [0.1, 0.15) is 0 Å². The Labute approximate surface area is 171 Å². The number of hydrogen-bond acceptors (Lipinski definition) is 6. The lowest BCUT2D eigenvalue weighted by atomic mass is 10.1. The first-order valence-corrected chi connectivity index (χ1v) is 10.9. The number of nitrogens with zero attached hydrogens (tertiary/aromatic N) is 4. The van der Waals surface area contributed by atoms with Crippen LogP contribution >= 0.6 is 11.3 Å². The van der Waals surface area contributed by atoms with E-state index in [1.807, 2.05) is 17.5 Å². The molecule has 1 aromatic carbocycles. The van der Waals surface area contributed by atoms with Crippen LogP contribution in [-0.2, 0) is 10.0 Å². The molecule has 4 rings (SSSR count). The number of rotatable bonds is 6. The second-order valence-electron chi connectivity index (χ2n) is 6.16. The lowest BCUT2D eigenvalue weighted by molar-refractivity contribution is 0.104. The van der Waals surface area contributed by atoms with Gasteiger partial charge in [-0.15, -0.1) is 11.3 Å². The van der Waals surface area contributed by atoms with E-state index >= 15 is 0 Å². The van der Waals surface area contributed by atoms with Gasteiger partial charge in [-0.1, -0.05) is 24.8 Å². The summed E-state index contributed by atoms with van der Waals surface area (Å²) in [5.74, 6) is -0.134. The number of carbonyl (C=O) groups is 1. The van der Waals surface area contributed by atoms with E-state index in [-0.39, 0.29) is 5.78 Å². The first-order chi connectivity index (χ1) is 13.9. The zero-order valence-electron chi connectivity index (χ0n) is 15.4. The largest absolute Gasteiger partial charge is 0.287 e. The molecular formula is C20H16N4O3S2. The van der Waals surface area contributed by atoms with Crippen molar-refractivity contribution in [3.05, 3.63) is 82.7 Å². The van der Waals surface area contributed by atoms with Crippen LogP contribution in [0.3, 0.4) is 0 Å². The molecule has 7 nitrogen and oxygen atoms in total. The van der Waals surface area contributed by atoms with Crippen LogP contribution in [0.15, 0.2) is 72.2 Å². The zero-order valence-corrected chi connectivity index (χ0v) is 17.0. The number of benzene rings is 1. The van der Waals surface area contributed by atoms with E-state index in [0.29, 0.717) is 27.5 Å². The van der Waals surface area contributed by atoms with Gasteiger partial charge in [-0.3, -0.25) is 9.10 Å². The zero-order chi connectivity index (χ0) is 20.6. The van der Waals surface area contributed by atoms with Crippen LogP contribution in [-0.4, -0.2) is 35.8 Å². The molecule has 0 N–H and O–H groups in total. The third kappa shape index (κ3) is 3.34. The standard InChI is InChI=1S/C20H16N4O3S2/c1-3-29(26,27)23(2)15-7-4-6-14(12-15)17-9-10-21-20-16(13-22-24(17)20)19(25)18-8-5-11-28-18/h3-13H,1H2,2H3. The summed E-state index contributed by atoms with van der Waals surface area (Å²) in [6.07, 6.45) is 3.11. The number of anilines is 1. The SMILES string of the molecule is C=CS(=O)(=O)N(C)c1cccc(-c2ccnc3c(C(=O)c4cccs4)cnn23)c1. The van der Waals surface area contributed by atoms with Crippen molar-refractivity contribution < 1.29 is 13.2 Å². The van der Waals surface area contributed by atoms with E-state index in [1.165, 1.54) is 24.6 Å². The normalized spacial score (nSPS) is 11.5. The summed E-state index contributed by atoms with van der Waals surface area (Å²) >= 11 is 1.36. The number of fused-ring (bicyclic) bond motifs is 1. The Morgan fingerprint density at radius 1 is 1.24 bits per heavy atom. The highest BCUT2D eigenvalue weighted by atomic mass is 32.2. The smallest absolute Gasteiger partial charge is 0.256 e. The fraction of sp³-hybridized carbons (Fsp3) is 0.0500. The van der Waals surface area contributed by atoms with Crippen LogP contribution in [0.1, 0.15) is 15.2 Å².